The zero-order valence-electron chi connectivity index (χ0n) is 20.2. The second kappa shape index (κ2) is 8.60. The maximum atomic E-state index is 11.8. The average Bonchev–Trinajstić information content (AvgIpc) is 3.41. The van der Waals surface area contributed by atoms with Crippen molar-refractivity contribution in [2.45, 2.75) is 25.8 Å². The van der Waals surface area contributed by atoms with Crippen molar-refractivity contribution in [1.82, 2.24) is 34.8 Å². The van der Waals surface area contributed by atoms with Crippen LogP contribution in [0.2, 0.25) is 0 Å². The summed E-state index contributed by atoms with van der Waals surface area (Å²) < 4.78 is 7.30. The average molecular weight is 463 g/mol. The van der Waals surface area contributed by atoms with Crippen molar-refractivity contribution >= 4 is 28.4 Å². The van der Waals surface area contributed by atoms with Gasteiger partial charge in [0.1, 0.15) is 12.1 Å². The number of amides is 1. The van der Waals surface area contributed by atoms with E-state index in [2.05, 4.69) is 51.3 Å². The van der Waals surface area contributed by atoms with Crippen molar-refractivity contribution in [3.63, 3.8) is 0 Å². The van der Waals surface area contributed by atoms with Gasteiger partial charge in [0.05, 0.1) is 30.4 Å². The summed E-state index contributed by atoms with van der Waals surface area (Å²) in [7, 11) is 5.18. The number of methoxy groups -OCH3 is 1. The molecule has 0 radical (unpaired) electrons. The molecule has 0 unspecified atom stereocenters. The molecule has 5 rings (SSSR count). The van der Waals surface area contributed by atoms with Crippen LogP contribution in [0.4, 0.5) is 5.82 Å². The molecule has 0 aromatic carbocycles. The molecule has 0 aliphatic carbocycles. The van der Waals surface area contributed by atoms with Gasteiger partial charge in [-0.15, -0.1) is 0 Å². The summed E-state index contributed by atoms with van der Waals surface area (Å²) in [6.07, 6.45) is 3.48. The molecule has 0 spiro atoms. The number of aromatic amines is 1. The lowest BCUT2D eigenvalue weighted by Crippen LogP contribution is -2.59. The van der Waals surface area contributed by atoms with Crippen LogP contribution in [0.15, 0.2) is 30.7 Å². The Morgan fingerprint density at radius 1 is 1.32 bits per heavy atom. The van der Waals surface area contributed by atoms with Crippen LogP contribution in [0.25, 0.3) is 27.9 Å². The molecule has 34 heavy (non-hydrogen) atoms. The molecule has 0 atom stereocenters. The predicted octanol–water partition coefficient (Wildman–Crippen LogP) is 2.27. The van der Waals surface area contributed by atoms with Crippen LogP contribution in [0.5, 0.6) is 5.75 Å². The fourth-order valence-electron chi connectivity index (χ4n) is 4.41. The monoisotopic (exact) mass is 462 g/mol. The van der Waals surface area contributed by atoms with E-state index in [1.807, 2.05) is 12.3 Å². The molecule has 1 amide bonds. The third-order valence-corrected chi connectivity index (χ3v) is 6.34. The first-order valence-electron chi connectivity index (χ1n) is 11.4. The van der Waals surface area contributed by atoms with Gasteiger partial charge in [0.2, 0.25) is 5.91 Å². The lowest BCUT2D eigenvalue weighted by atomic mass is 9.99. The first kappa shape index (κ1) is 22.1. The zero-order chi connectivity index (χ0) is 24.0. The van der Waals surface area contributed by atoms with Gasteiger partial charge in [0, 0.05) is 50.6 Å². The highest BCUT2D eigenvalue weighted by molar-refractivity contribution is 5.90. The van der Waals surface area contributed by atoms with E-state index in [1.54, 1.807) is 30.6 Å². The van der Waals surface area contributed by atoms with Crippen molar-refractivity contribution < 1.29 is 9.53 Å². The fraction of sp³-hybridized carbons (Fsp3) is 0.417. The summed E-state index contributed by atoms with van der Waals surface area (Å²) in [6.45, 7) is 6.37. The Labute approximate surface area is 197 Å². The van der Waals surface area contributed by atoms with Crippen molar-refractivity contribution in [1.29, 1.82) is 0 Å². The van der Waals surface area contributed by atoms with E-state index in [0.29, 0.717) is 17.9 Å². The topological polar surface area (TPSA) is 104 Å². The van der Waals surface area contributed by atoms with Gasteiger partial charge in [-0.3, -0.25) is 4.79 Å². The van der Waals surface area contributed by atoms with Gasteiger partial charge in [0.25, 0.3) is 0 Å². The quantitative estimate of drug-likeness (QED) is 0.434. The summed E-state index contributed by atoms with van der Waals surface area (Å²) in [5, 5.41) is 7.62. The van der Waals surface area contributed by atoms with Crippen LogP contribution in [-0.2, 0) is 4.79 Å². The third-order valence-electron chi connectivity index (χ3n) is 6.34. The number of carbonyl (C=O) groups excluding carboxylic acids is 1. The van der Waals surface area contributed by atoms with E-state index < -0.39 is 0 Å². The Balaban J connectivity index is 1.44. The number of hydrogen-bond acceptors (Lipinski definition) is 7. The number of ether oxygens (including phenoxy) is 1. The molecule has 2 N–H and O–H groups in total. The maximum Gasteiger partial charge on any atom is 0.236 e. The van der Waals surface area contributed by atoms with Gasteiger partial charge in [-0.25, -0.2) is 14.5 Å². The van der Waals surface area contributed by atoms with E-state index in [0.717, 1.165) is 46.8 Å². The van der Waals surface area contributed by atoms with Crippen LogP contribution < -0.4 is 15.0 Å². The number of nitrogens with zero attached hydrogens (tertiary/aromatic N) is 6. The number of rotatable bonds is 7. The van der Waals surface area contributed by atoms with E-state index in [1.165, 1.54) is 6.33 Å². The van der Waals surface area contributed by atoms with Crippen LogP contribution in [0.1, 0.15) is 25.3 Å². The van der Waals surface area contributed by atoms with Gasteiger partial charge in [-0.1, -0.05) is 13.8 Å². The number of nitrogens with one attached hydrogen (secondary N) is 2. The molecule has 10 nitrogen and oxygen atoms in total. The highest BCUT2D eigenvalue weighted by Gasteiger charge is 2.29. The summed E-state index contributed by atoms with van der Waals surface area (Å²) in [6, 6.07) is 6.42. The fourth-order valence-corrected chi connectivity index (χ4v) is 4.41. The molecule has 5 heterocycles. The van der Waals surface area contributed by atoms with E-state index >= 15 is 0 Å². The number of fused-ring (bicyclic) bond motifs is 2. The molecular formula is C24H30N8O2. The maximum absolute atomic E-state index is 11.8. The van der Waals surface area contributed by atoms with Gasteiger partial charge in [0.15, 0.2) is 11.4 Å². The Kier molecular flexibility index (Phi) is 5.60. The largest absolute Gasteiger partial charge is 0.493 e. The SMILES string of the molecule is COc1cc(-c2[nH]c3ccc(N4CC(NCC(=O)N(C)C)C4)nc3c2C(C)C)cn2ncnc12. The van der Waals surface area contributed by atoms with Crippen LogP contribution in [-0.4, -0.2) is 82.3 Å². The van der Waals surface area contributed by atoms with Crippen molar-refractivity contribution in [2.24, 2.45) is 0 Å². The number of H-pyrrole nitrogens is 1. The zero-order valence-corrected chi connectivity index (χ0v) is 20.2. The Hall–Kier alpha value is -3.66. The number of carbonyl (C=O) groups is 1. The van der Waals surface area contributed by atoms with Crippen LogP contribution in [0.3, 0.4) is 0 Å². The number of pyridine rings is 2. The van der Waals surface area contributed by atoms with E-state index in [4.69, 9.17) is 9.72 Å². The molecule has 1 saturated heterocycles. The van der Waals surface area contributed by atoms with E-state index in [-0.39, 0.29) is 17.9 Å². The highest BCUT2D eigenvalue weighted by Crippen LogP contribution is 2.37. The number of hydrogen-bond donors (Lipinski definition) is 2. The predicted molar refractivity (Wildman–Crippen MR) is 131 cm³/mol. The normalized spacial score (nSPS) is 14.2. The van der Waals surface area contributed by atoms with Crippen LogP contribution in [0, 0.1) is 0 Å². The summed E-state index contributed by atoms with van der Waals surface area (Å²) in [5.41, 5.74) is 5.78. The summed E-state index contributed by atoms with van der Waals surface area (Å²) in [5.74, 6) is 1.96. The van der Waals surface area contributed by atoms with Gasteiger partial charge < -0.3 is 24.8 Å². The Morgan fingerprint density at radius 2 is 2.12 bits per heavy atom. The minimum Gasteiger partial charge on any atom is -0.493 e. The van der Waals surface area contributed by atoms with E-state index in [9.17, 15) is 4.79 Å². The molecule has 178 valence electrons. The van der Waals surface area contributed by atoms with Gasteiger partial charge in [-0.05, 0) is 24.1 Å². The molecule has 0 bridgehead atoms. The number of aromatic nitrogens is 5. The third kappa shape index (κ3) is 3.83. The second-order valence-corrected chi connectivity index (χ2v) is 9.23. The number of likely N-dealkylation sites (N-methyl/N-ethyl adjacent to an activating group) is 1. The lowest BCUT2D eigenvalue weighted by molar-refractivity contribution is -0.127. The van der Waals surface area contributed by atoms with Crippen molar-refractivity contribution in [2.75, 3.05) is 45.7 Å². The minimum absolute atomic E-state index is 0.0835. The summed E-state index contributed by atoms with van der Waals surface area (Å²) in [4.78, 5) is 28.6. The molecule has 4 aromatic rings. The minimum atomic E-state index is 0.0835. The Morgan fingerprint density at radius 3 is 2.82 bits per heavy atom. The molecule has 10 heteroatoms. The van der Waals surface area contributed by atoms with Gasteiger partial charge in [-0.2, -0.15) is 5.10 Å². The Bertz CT molecular complexity index is 1350. The first-order chi connectivity index (χ1) is 16.4. The molecule has 0 saturated carbocycles. The molecule has 4 aromatic heterocycles. The van der Waals surface area contributed by atoms with Crippen molar-refractivity contribution in [3.8, 4) is 17.0 Å². The molecular weight excluding hydrogens is 432 g/mol. The van der Waals surface area contributed by atoms with Crippen LogP contribution >= 0.6 is 0 Å². The first-order valence-corrected chi connectivity index (χ1v) is 11.4. The molecule has 1 aliphatic heterocycles. The number of anilines is 1. The molecule has 1 aliphatic rings. The van der Waals surface area contributed by atoms with Gasteiger partial charge >= 0.3 is 0 Å². The molecule has 1 fully saturated rings. The second-order valence-electron chi connectivity index (χ2n) is 9.23. The smallest absolute Gasteiger partial charge is 0.236 e. The highest BCUT2D eigenvalue weighted by atomic mass is 16.5. The lowest BCUT2D eigenvalue weighted by Gasteiger charge is -2.40. The summed E-state index contributed by atoms with van der Waals surface area (Å²) >= 11 is 0. The van der Waals surface area contributed by atoms with Crippen molar-refractivity contribution in [3.05, 3.63) is 36.3 Å². The standard InChI is InChI=1S/C24H30N8O2/c1-14(2)21-22(15-8-18(34-5)24-26-13-27-32(24)10-15)28-17-6-7-19(29-23(17)21)31-11-16(12-31)25-9-20(33)30(3)4/h6-8,10,13-14,16,25,28H,9,11-12H2,1-5H3.